The van der Waals surface area contributed by atoms with E-state index in [4.69, 9.17) is 0 Å². The summed E-state index contributed by atoms with van der Waals surface area (Å²) in [6.45, 7) is 3.22. The zero-order chi connectivity index (χ0) is 14.5. The molecule has 5 heteroatoms. The summed E-state index contributed by atoms with van der Waals surface area (Å²) in [5.74, 6) is 0. The zero-order valence-electron chi connectivity index (χ0n) is 11.1. The summed E-state index contributed by atoms with van der Waals surface area (Å²) < 4.78 is 3.50. The number of thiophene rings is 1. The van der Waals surface area contributed by atoms with Crippen LogP contribution in [0.1, 0.15) is 30.5 Å². The number of nitrogens with one attached hydrogen (secondary N) is 1. The first kappa shape index (κ1) is 16.7. The summed E-state index contributed by atoms with van der Waals surface area (Å²) in [5, 5.41) is 3.65. The van der Waals surface area contributed by atoms with Crippen molar-refractivity contribution < 1.29 is 0 Å². The number of rotatable bonds is 6. The third kappa shape index (κ3) is 4.67. The fourth-order valence-electron chi connectivity index (χ4n) is 2.10. The van der Waals surface area contributed by atoms with Crippen LogP contribution in [0.15, 0.2) is 42.4 Å². The molecule has 0 radical (unpaired) electrons. The topological polar surface area (TPSA) is 12.0 Å². The van der Waals surface area contributed by atoms with E-state index in [0.717, 1.165) is 27.6 Å². The Balaban J connectivity index is 2.21. The molecule has 0 saturated carbocycles. The minimum absolute atomic E-state index is 0.334. The lowest BCUT2D eigenvalue weighted by molar-refractivity contribution is 0.529. The number of halogens is 3. The van der Waals surface area contributed by atoms with Gasteiger partial charge in [-0.15, -0.1) is 11.3 Å². The van der Waals surface area contributed by atoms with Gasteiger partial charge in [0.25, 0.3) is 0 Å². The maximum Gasteiger partial charge on any atom is 0.0758 e. The van der Waals surface area contributed by atoms with Gasteiger partial charge in [-0.1, -0.05) is 35.0 Å². The van der Waals surface area contributed by atoms with Crippen molar-refractivity contribution in [3.8, 4) is 0 Å². The zero-order valence-corrected chi connectivity index (χ0v) is 16.7. The Hall–Kier alpha value is 0.320. The van der Waals surface area contributed by atoms with Crippen LogP contribution >= 0.6 is 59.1 Å². The van der Waals surface area contributed by atoms with Crippen LogP contribution in [-0.4, -0.2) is 6.54 Å². The lowest BCUT2D eigenvalue weighted by atomic mass is 10.0. The summed E-state index contributed by atoms with van der Waals surface area (Å²) >= 11 is 12.5. The van der Waals surface area contributed by atoms with Crippen LogP contribution in [0.25, 0.3) is 0 Å². The first-order chi connectivity index (χ1) is 9.60. The van der Waals surface area contributed by atoms with Crippen molar-refractivity contribution in [2.24, 2.45) is 0 Å². The predicted molar refractivity (Wildman–Crippen MR) is 98.6 cm³/mol. The Morgan fingerprint density at radius 3 is 2.60 bits per heavy atom. The van der Waals surface area contributed by atoms with E-state index in [-0.39, 0.29) is 0 Å². The fraction of sp³-hybridized carbons (Fsp3) is 0.333. The molecule has 0 spiro atoms. The lowest BCUT2D eigenvalue weighted by Gasteiger charge is -2.18. The molecule has 1 atom stereocenters. The minimum Gasteiger partial charge on any atom is -0.310 e. The van der Waals surface area contributed by atoms with Gasteiger partial charge >= 0.3 is 0 Å². The Bertz CT molecular complexity index is 568. The lowest BCUT2D eigenvalue weighted by Crippen LogP contribution is -2.24. The Morgan fingerprint density at radius 2 is 2.00 bits per heavy atom. The van der Waals surface area contributed by atoms with E-state index >= 15 is 0 Å². The van der Waals surface area contributed by atoms with E-state index in [1.54, 1.807) is 11.3 Å². The molecule has 0 amide bonds. The van der Waals surface area contributed by atoms with Crippen molar-refractivity contribution in [3.63, 3.8) is 0 Å². The molecule has 0 saturated heterocycles. The number of hydrogen-bond donors (Lipinski definition) is 1. The molecule has 108 valence electrons. The average molecular weight is 482 g/mol. The number of benzene rings is 1. The normalized spacial score (nSPS) is 12.6. The van der Waals surface area contributed by atoms with Crippen molar-refractivity contribution in [3.05, 3.63) is 53.5 Å². The monoisotopic (exact) mass is 479 g/mol. The van der Waals surface area contributed by atoms with Crippen molar-refractivity contribution in [1.29, 1.82) is 0 Å². The van der Waals surface area contributed by atoms with Gasteiger partial charge in [0, 0.05) is 10.5 Å². The highest BCUT2D eigenvalue weighted by molar-refractivity contribution is 9.12. The molecule has 0 bridgehead atoms. The molecule has 2 rings (SSSR count). The van der Waals surface area contributed by atoms with Crippen molar-refractivity contribution in [1.82, 2.24) is 5.32 Å². The highest BCUT2D eigenvalue weighted by Gasteiger charge is 2.17. The van der Waals surface area contributed by atoms with E-state index in [1.807, 2.05) is 0 Å². The second kappa shape index (κ2) is 8.08. The summed E-state index contributed by atoms with van der Waals surface area (Å²) in [6.07, 6.45) is 2.12. The molecular weight excluding hydrogens is 466 g/mol. The van der Waals surface area contributed by atoms with Crippen LogP contribution in [0.5, 0.6) is 0 Å². The summed E-state index contributed by atoms with van der Waals surface area (Å²) in [7, 11) is 0. The van der Waals surface area contributed by atoms with Gasteiger partial charge in [-0.2, -0.15) is 0 Å². The summed E-state index contributed by atoms with van der Waals surface area (Å²) in [5.41, 5.74) is 2.66. The highest BCUT2D eigenvalue weighted by atomic mass is 79.9. The van der Waals surface area contributed by atoms with Gasteiger partial charge in [0.05, 0.1) is 7.57 Å². The van der Waals surface area contributed by atoms with Crippen LogP contribution in [0.3, 0.4) is 0 Å². The smallest absolute Gasteiger partial charge is 0.0758 e. The Labute approximate surface area is 149 Å². The van der Waals surface area contributed by atoms with E-state index in [1.165, 1.54) is 14.9 Å². The molecular formula is C15H16Br3NS. The van der Waals surface area contributed by atoms with Crippen LogP contribution in [-0.2, 0) is 6.42 Å². The van der Waals surface area contributed by atoms with Crippen LogP contribution in [0, 0.1) is 0 Å². The third-order valence-electron chi connectivity index (χ3n) is 3.03. The Kier molecular flexibility index (Phi) is 6.75. The average Bonchev–Trinajstić information content (AvgIpc) is 2.73. The van der Waals surface area contributed by atoms with Crippen LogP contribution in [0.4, 0.5) is 0 Å². The second-order valence-electron chi connectivity index (χ2n) is 4.62. The van der Waals surface area contributed by atoms with Crippen molar-refractivity contribution >= 4 is 59.1 Å². The van der Waals surface area contributed by atoms with Crippen LogP contribution < -0.4 is 5.32 Å². The molecule has 1 heterocycles. The van der Waals surface area contributed by atoms with E-state index in [0.29, 0.717) is 6.04 Å². The second-order valence-corrected chi connectivity index (χ2v) is 9.29. The molecule has 1 aromatic heterocycles. The molecule has 20 heavy (non-hydrogen) atoms. The van der Waals surface area contributed by atoms with Gasteiger partial charge < -0.3 is 5.32 Å². The highest BCUT2D eigenvalue weighted by Crippen LogP contribution is 2.36. The molecule has 1 N–H and O–H groups in total. The van der Waals surface area contributed by atoms with Gasteiger partial charge in [-0.05, 0) is 80.6 Å². The third-order valence-corrected chi connectivity index (χ3v) is 5.91. The van der Waals surface area contributed by atoms with E-state index in [2.05, 4.69) is 90.4 Å². The molecule has 0 aliphatic carbocycles. The molecule has 2 aromatic rings. The van der Waals surface area contributed by atoms with E-state index < -0.39 is 0 Å². The maximum absolute atomic E-state index is 3.68. The fourth-order valence-corrected chi connectivity index (χ4v) is 5.52. The molecule has 1 nitrogen and oxygen atoms in total. The molecule has 0 aliphatic rings. The SMILES string of the molecule is CCCNC(Cc1cccc(Br)c1)c1cc(Br)sc1Br. The summed E-state index contributed by atoms with van der Waals surface area (Å²) in [4.78, 5) is 0. The van der Waals surface area contributed by atoms with Gasteiger partial charge in [-0.3, -0.25) is 0 Å². The predicted octanol–water partition coefficient (Wildman–Crippen LogP) is 6.32. The standard InChI is InChI=1S/C15H16Br3NS/c1-2-6-19-13(12-9-14(17)20-15(12)18)8-10-4-3-5-11(16)7-10/h3-5,7,9,13,19H,2,6,8H2,1H3. The first-order valence-corrected chi connectivity index (χ1v) is 9.72. The van der Waals surface area contributed by atoms with Crippen LogP contribution in [0.2, 0.25) is 0 Å². The molecule has 1 aromatic carbocycles. The minimum atomic E-state index is 0.334. The van der Waals surface area contributed by atoms with Gasteiger partial charge in [0.2, 0.25) is 0 Å². The first-order valence-electron chi connectivity index (χ1n) is 6.52. The number of hydrogen-bond acceptors (Lipinski definition) is 2. The quantitative estimate of drug-likeness (QED) is 0.509. The summed E-state index contributed by atoms with van der Waals surface area (Å²) in [6, 6.07) is 11.1. The molecule has 0 fully saturated rings. The molecule has 0 aliphatic heterocycles. The largest absolute Gasteiger partial charge is 0.310 e. The van der Waals surface area contributed by atoms with Gasteiger partial charge in [0.15, 0.2) is 0 Å². The van der Waals surface area contributed by atoms with Gasteiger partial charge in [-0.25, -0.2) is 0 Å². The molecule has 1 unspecified atom stereocenters. The van der Waals surface area contributed by atoms with E-state index in [9.17, 15) is 0 Å². The van der Waals surface area contributed by atoms with Crippen molar-refractivity contribution in [2.75, 3.05) is 6.54 Å². The maximum atomic E-state index is 3.68. The van der Waals surface area contributed by atoms with Crippen molar-refractivity contribution in [2.45, 2.75) is 25.8 Å². The van der Waals surface area contributed by atoms with Gasteiger partial charge in [0.1, 0.15) is 0 Å². The Morgan fingerprint density at radius 1 is 1.20 bits per heavy atom.